The molecule has 0 fully saturated rings. The molecule has 2 aromatic carbocycles. The molecule has 0 spiro atoms. The first-order valence-corrected chi connectivity index (χ1v) is 8.06. The van der Waals surface area contributed by atoms with Crippen molar-refractivity contribution in [2.24, 2.45) is 0 Å². The lowest BCUT2D eigenvalue weighted by molar-refractivity contribution is -0.355. The molecule has 4 heteroatoms. The zero-order valence-corrected chi connectivity index (χ0v) is 13.6. The molecule has 3 aromatic rings. The molecule has 0 unspecified atom stereocenters. The van der Waals surface area contributed by atoms with Crippen LogP contribution in [0.3, 0.4) is 0 Å². The van der Waals surface area contributed by atoms with Gasteiger partial charge in [0.05, 0.1) is 11.1 Å². The Morgan fingerprint density at radius 3 is 2.54 bits per heavy atom. The molecule has 0 aliphatic carbocycles. The average Bonchev–Trinajstić information content (AvgIpc) is 2.59. The fraction of sp³-hybridized carbons (Fsp3) is 0.200. The number of anilines is 1. The summed E-state index contributed by atoms with van der Waals surface area (Å²) >= 11 is 0. The molecule has 0 saturated carbocycles. The Balaban J connectivity index is 2.00. The van der Waals surface area contributed by atoms with Crippen LogP contribution in [0, 0.1) is 6.92 Å². The molecule has 1 heterocycles. The van der Waals surface area contributed by atoms with Crippen LogP contribution < -0.4 is 15.4 Å². The lowest BCUT2D eigenvalue weighted by Crippen LogP contribution is -2.24. The van der Waals surface area contributed by atoms with Gasteiger partial charge in [-0.1, -0.05) is 42.5 Å². The molecular weight excluding hydrogens is 300 g/mol. The van der Waals surface area contributed by atoms with Crippen molar-refractivity contribution in [1.29, 1.82) is 0 Å². The number of para-hydroxylation sites is 1. The third kappa shape index (κ3) is 3.54. The summed E-state index contributed by atoms with van der Waals surface area (Å²) in [6.07, 6.45) is 0.444. The van der Waals surface area contributed by atoms with Gasteiger partial charge in [-0.05, 0) is 24.5 Å². The molecule has 3 rings (SSSR count). The van der Waals surface area contributed by atoms with Crippen molar-refractivity contribution in [3.05, 3.63) is 71.4 Å². The first kappa shape index (κ1) is 16.0. The number of rotatable bonds is 6. The van der Waals surface area contributed by atoms with Crippen LogP contribution in [-0.2, 0) is 17.8 Å². The lowest BCUT2D eigenvalue weighted by Gasteiger charge is -2.14. The van der Waals surface area contributed by atoms with E-state index in [0.717, 1.165) is 27.8 Å². The molecule has 0 radical (unpaired) electrons. The van der Waals surface area contributed by atoms with E-state index in [1.54, 1.807) is 0 Å². The number of pyridine rings is 1. The minimum absolute atomic E-state index is 0.00698. The molecule has 1 aromatic heterocycles. The van der Waals surface area contributed by atoms with Gasteiger partial charge in [0.1, 0.15) is 0 Å². The minimum Gasteiger partial charge on any atom is -0.550 e. The predicted octanol–water partition coefficient (Wildman–Crippen LogP) is 2.26. The van der Waals surface area contributed by atoms with Crippen molar-refractivity contribution in [2.75, 3.05) is 5.32 Å². The largest absolute Gasteiger partial charge is 0.550 e. The maximum atomic E-state index is 10.9. The number of aliphatic carboxylic acids is 1. The molecule has 4 nitrogen and oxygen atoms in total. The van der Waals surface area contributed by atoms with Crippen LogP contribution >= 0.6 is 0 Å². The standard InChI is InChI=1S/C20H20N2O2/c1-14-16(11-12-19(23)24)20(17-9-5-6-10-18(17)22-14)21-13-15-7-3-2-4-8-15/h2-10H,11-13H2,1H3,(H,21,22)(H,23,24). The Hall–Kier alpha value is -2.88. The van der Waals surface area contributed by atoms with Crippen LogP contribution in [0.25, 0.3) is 10.9 Å². The third-order valence-electron chi connectivity index (χ3n) is 4.16. The van der Waals surface area contributed by atoms with Crippen LogP contribution in [0.4, 0.5) is 5.69 Å². The SMILES string of the molecule is Cc1[nH+]c2ccccc2c(NCc2ccccc2)c1CCC(=O)[O-]. The van der Waals surface area contributed by atoms with Crippen molar-refractivity contribution < 1.29 is 14.9 Å². The summed E-state index contributed by atoms with van der Waals surface area (Å²) in [4.78, 5) is 14.3. The summed E-state index contributed by atoms with van der Waals surface area (Å²) in [5.41, 5.74) is 5.17. The highest BCUT2D eigenvalue weighted by atomic mass is 16.4. The zero-order chi connectivity index (χ0) is 16.9. The van der Waals surface area contributed by atoms with Gasteiger partial charge in [0, 0.05) is 31.1 Å². The molecular formula is C20H20N2O2. The van der Waals surface area contributed by atoms with E-state index < -0.39 is 5.97 Å². The predicted molar refractivity (Wildman–Crippen MR) is 92.3 cm³/mol. The van der Waals surface area contributed by atoms with Gasteiger partial charge in [0.15, 0.2) is 5.69 Å². The van der Waals surface area contributed by atoms with Crippen LogP contribution in [0.2, 0.25) is 0 Å². The summed E-state index contributed by atoms with van der Waals surface area (Å²) in [5, 5.41) is 15.5. The highest BCUT2D eigenvalue weighted by Crippen LogP contribution is 2.28. The number of H-pyrrole nitrogens is 1. The van der Waals surface area contributed by atoms with E-state index in [1.165, 1.54) is 5.56 Å². The summed E-state index contributed by atoms with van der Waals surface area (Å²) in [6.45, 7) is 2.66. The van der Waals surface area contributed by atoms with E-state index in [4.69, 9.17) is 0 Å². The number of fused-ring (bicyclic) bond motifs is 1. The highest BCUT2D eigenvalue weighted by Gasteiger charge is 2.17. The second-order valence-electron chi connectivity index (χ2n) is 5.86. The molecule has 0 saturated heterocycles. The molecule has 122 valence electrons. The number of carbonyl (C=O) groups is 1. The van der Waals surface area contributed by atoms with Gasteiger partial charge in [-0.15, -0.1) is 0 Å². The van der Waals surface area contributed by atoms with Gasteiger partial charge in [-0.2, -0.15) is 0 Å². The van der Waals surface area contributed by atoms with Gasteiger partial charge in [-0.3, -0.25) is 0 Å². The normalized spacial score (nSPS) is 10.7. The smallest absolute Gasteiger partial charge is 0.213 e. The molecule has 24 heavy (non-hydrogen) atoms. The number of carboxylic acid groups (broad SMARTS) is 1. The Morgan fingerprint density at radius 2 is 1.79 bits per heavy atom. The monoisotopic (exact) mass is 320 g/mol. The second-order valence-corrected chi connectivity index (χ2v) is 5.86. The van der Waals surface area contributed by atoms with Gasteiger partial charge in [0.2, 0.25) is 5.52 Å². The van der Waals surface area contributed by atoms with Gasteiger partial charge >= 0.3 is 0 Å². The Bertz CT molecular complexity index is 860. The summed E-state index contributed by atoms with van der Waals surface area (Å²) < 4.78 is 0. The fourth-order valence-corrected chi connectivity index (χ4v) is 2.97. The summed E-state index contributed by atoms with van der Waals surface area (Å²) in [6, 6.07) is 18.2. The summed E-state index contributed by atoms with van der Waals surface area (Å²) in [5.74, 6) is -1.03. The van der Waals surface area contributed by atoms with E-state index >= 15 is 0 Å². The van der Waals surface area contributed by atoms with Crippen molar-refractivity contribution >= 4 is 22.6 Å². The van der Waals surface area contributed by atoms with Crippen LogP contribution in [0.5, 0.6) is 0 Å². The van der Waals surface area contributed by atoms with Crippen LogP contribution in [-0.4, -0.2) is 5.97 Å². The van der Waals surface area contributed by atoms with Crippen molar-refractivity contribution in [1.82, 2.24) is 0 Å². The number of aryl methyl sites for hydroxylation is 1. The van der Waals surface area contributed by atoms with E-state index in [0.29, 0.717) is 13.0 Å². The minimum atomic E-state index is -1.03. The maximum absolute atomic E-state index is 10.9. The number of hydrogen-bond acceptors (Lipinski definition) is 3. The Kier molecular flexibility index (Phi) is 4.75. The maximum Gasteiger partial charge on any atom is 0.213 e. The van der Waals surface area contributed by atoms with Crippen molar-refractivity contribution in [3.8, 4) is 0 Å². The second kappa shape index (κ2) is 7.13. The highest BCUT2D eigenvalue weighted by molar-refractivity contribution is 5.91. The Morgan fingerprint density at radius 1 is 1.08 bits per heavy atom. The van der Waals surface area contributed by atoms with E-state index in [1.807, 2.05) is 49.4 Å². The third-order valence-corrected chi connectivity index (χ3v) is 4.16. The zero-order valence-electron chi connectivity index (χ0n) is 13.6. The van der Waals surface area contributed by atoms with E-state index in [-0.39, 0.29) is 6.42 Å². The first-order chi connectivity index (χ1) is 11.6. The number of carboxylic acids is 1. The topological polar surface area (TPSA) is 66.3 Å². The number of nitrogens with one attached hydrogen (secondary N) is 2. The molecule has 2 N–H and O–H groups in total. The van der Waals surface area contributed by atoms with Gasteiger partial charge in [0.25, 0.3) is 0 Å². The molecule has 0 aliphatic rings. The molecule has 0 aliphatic heterocycles. The number of carbonyl (C=O) groups excluding carboxylic acids is 1. The van der Waals surface area contributed by atoms with Gasteiger partial charge < -0.3 is 15.2 Å². The fourth-order valence-electron chi connectivity index (χ4n) is 2.97. The van der Waals surface area contributed by atoms with Gasteiger partial charge in [-0.25, -0.2) is 4.98 Å². The van der Waals surface area contributed by atoms with E-state index in [9.17, 15) is 9.90 Å². The van der Waals surface area contributed by atoms with Crippen LogP contribution in [0.15, 0.2) is 54.6 Å². The van der Waals surface area contributed by atoms with Crippen molar-refractivity contribution in [3.63, 3.8) is 0 Å². The first-order valence-electron chi connectivity index (χ1n) is 8.06. The van der Waals surface area contributed by atoms with Crippen molar-refractivity contribution in [2.45, 2.75) is 26.3 Å². The number of hydrogen-bond donors (Lipinski definition) is 1. The lowest BCUT2D eigenvalue weighted by atomic mass is 10.0. The van der Waals surface area contributed by atoms with E-state index in [2.05, 4.69) is 22.4 Å². The Labute approximate surface area is 141 Å². The molecule has 0 amide bonds. The number of aromatic nitrogens is 1. The summed E-state index contributed by atoms with van der Waals surface area (Å²) in [7, 11) is 0. The molecule has 0 bridgehead atoms. The molecule has 0 atom stereocenters. The quantitative estimate of drug-likeness (QED) is 0.757. The number of benzene rings is 2. The average molecular weight is 320 g/mol. The number of aromatic amines is 1. The van der Waals surface area contributed by atoms with Crippen LogP contribution in [0.1, 0.15) is 23.2 Å².